The van der Waals surface area contributed by atoms with Gasteiger partial charge in [-0.2, -0.15) is 5.10 Å². The monoisotopic (exact) mass is 432 g/mol. The Kier molecular flexibility index (Phi) is 7.02. The van der Waals surface area contributed by atoms with Crippen LogP contribution in [0.5, 0.6) is 11.5 Å². The number of benzene rings is 2. The number of amides is 1. The van der Waals surface area contributed by atoms with Gasteiger partial charge in [0, 0.05) is 0 Å². The number of hydrazone groups is 1. The summed E-state index contributed by atoms with van der Waals surface area (Å²) in [5.74, 6) is 1.02. The van der Waals surface area contributed by atoms with Crippen LogP contribution in [0.3, 0.4) is 0 Å². The van der Waals surface area contributed by atoms with Gasteiger partial charge in [0.15, 0.2) is 11.5 Å². The van der Waals surface area contributed by atoms with Crippen molar-refractivity contribution in [2.24, 2.45) is 5.10 Å². The van der Waals surface area contributed by atoms with Gasteiger partial charge < -0.3 is 9.47 Å². The zero-order valence-electron chi connectivity index (χ0n) is 16.3. The number of ether oxygens (including phenoxy) is 2. The number of hydrogen-bond acceptors (Lipinski definition) is 4. The molecule has 144 valence electrons. The Balaban J connectivity index is 1.98. The first-order valence-corrected chi connectivity index (χ1v) is 9.36. The van der Waals surface area contributed by atoms with Gasteiger partial charge in [0.25, 0.3) is 0 Å². The lowest BCUT2D eigenvalue weighted by Crippen LogP contribution is -2.20. The van der Waals surface area contributed by atoms with Crippen molar-refractivity contribution >= 4 is 28.1 Å². The van der Waals surface area contributed by atoms with E-state index in [1.165, 1.54) is 5.56 Å². The van der Waals surface area contributed by atoms with Gasteiger partial charge in [-0.3, -0.25) is 4.79 Å². The highest BCUT2D eigenvalue weighted by Gasteiger charge is 2.13. The summed E-state index contributed by atoms with van der Waals surface area (Å²) in [6.07, 6.45) is 1.84. The smallest absolute Gasteiger partial charge is 0.244 e. The number of hydrogen-bond donors (Lipinski definition) is 1. The van der Waals surface area contributed by atoms with Gasteiger partial charge in [0.1, 0.15) is 0 Å². The summed E-state index contributed by atoms with van der Waals surface area (Å²) in [5, 5.41) is 4.02. The fraction of sp³-hybridized carbons (Fsp3) is 0.333. The predicted molar refractivity (Wildman–Crippen MR) is 112 cm³/mol. The lowest BCUT2D eigenvalue weighted by Gasteiger charge is -2.19. The third-order valence-corrected chi connectivity index (χ3v) is 4.63. The first-order chi connectivity index (χ1) is 12.7. The van der Waals surface area contributed by atoms with Crippen LogP contribution in [0.2, 0.25) is 0 Å². The Bertz CT molecular complexity index is 825. The Morgan fingerprint density at radius 2 is 1.81 bits per heavy atom. The second kappa shape index (κ2) is 9.04. The van der Waals surface area contributed by atoms with Crippen LogP contribution < -0.4 is 14.9 Å². The van der Waals surface area contributed by atoms with Crippen LogP contribution in [0.15, 0.2) is 46.0 Å². The van der Waals surface area contributed by atoms with E-state index in [9.17, 15) is 4.79 Å². The maximum absolute atomic E-state index is 12.1. The zero-order chi connectivity index (χ0) is 20.0. The van der Waals surface area contributed by atoms with Crippen molar-refractivity contribution in [3.8, 4) is 11.5 Å². The molecule has 0 aliphatic heterocycles. The van der Waals surface area contributed by atoms with Crippen molar-refractivity contribution in [2.45, 2.75) is 32.6 Å². The normalized spacial score (nSPS) is 11.5. The lowest BCUT2D eigenvalue weighted by atomic mass is 9.86. The zero-order valence-corrected chi connectivity index (χ0v) is 17.9. The number of halogens is 1. The fourth-order valence-corrected chi connectivity index (χ4v) is 3.16. The van der Waals surface area contributed by atoms with Crippen molar-refractivity contribution in [3.05, 3.63) is 57.6 Å². The van der Waals surface area contributed by atoms with Gasteiger partial charge in [0.05, 0.1) is 31.3 Å². The first kappa shape index (κ1) is 21.0. The number of rotatable bonds is 6. The van der Waals surface area contributed by atoms with Gasteiger partial charge in [-0.25, -0.2) is 5.43 Å². The standard InChI is InChI=1S/C21H25BrN2O3/c1-21(2,3)16-8-6-14(7-9-16)12-19(25)24-23-13-15-10-17(22)20(27-5)18(11-15)26-4/h6-11,13H,12H2,1-5H3,(H,24,25)/b23-13-. The van der Waals surface area contributed by atoms with E-state index in [4.69, 9.17) is 9.47 Å². The molecule has 2 rings (SSSR count). The molecule has 0 atom stereocenters. The van der Waals surface area contributed by atoms with E-state index in [2.05, 4.69) is 59.4 Å². The van der Waals surface area contributed by atoms with Gasteiger partial charge in [-0.1, -0.05) is 45.0 Å². The minimum absolute atomic E-state index is 0.0960. The fourth-order valence-electron chi connectivity index (χ4n) is 2.54. The van der Waals surface area contributed by atoms with Crippen molar-refractivity contribution in [1.29, 1.82) is 0 Å². The topological polar surface area (TPSA) is 59.9 Å². The summed E-state index contributed by atoms with van der Waals surface area (Å²) in [6, 6.07) is 11.7. The molecule has 0 saturated heterocycles. The quantitative estimate of drug-likeness (QED) is 0.541. The number of methoxy groups -OCH3 is 2. The molecule has 0 spiro atoms. The molecule has 2 aromatic rings. The summed E-state index contributed by atoms with van der Waals surface area (Å²) in [4.78, 5) is 12.1. The number of nitrogens with zero attached hydrogens (tertiary/aromatic N) is 1. The van der Waals surface area contributed by atoms with Crippen LogP contribution >= 0.6 is 15.9 Å². The molecular weight excluding hydrogens is 408 g/mol. The van der Waals surface area contributed by atoms with Gasteiger partial charge >= 0.3 is 0 Å². The molecule has 5 nitrogen and oxygen atoms in total. The first-order valence-electron chi connectivity index (χ1n) is 8.57. The minimum atomic E-state index is -0.172. The van der Waals surface area contributed by atoms with Gasteiger partial charge in [0.2, 0.25) is 5.91 Å². The Labute approximate surface area is 168 Å². The van der Waals surface area contributed by atoms with Crippen molar-refractivity contribution in [1.82, 2.24) is 5.43 Å². The predicted octanol–water partition coefficient (Wildman–Crippen LogP) is 4.46. The van der Waals surface area contributed by atoms with Gasteiger partial charge in [-0.05, 0) is 50.2 Å². The highest BCUT2D eigenvalue weighted by molar-refractivity contribution is 9.10. The third-order valence-electron chi connectivity index (χ3n) is 4.04. The molecule has 0 unspecified atom stereocenters. The molecular formula is C21H25BrN2O3. The molecule has 0 heterocycles. The summed E-state index contributed by atoms with van der Waals surface area (Å²) in [6.45, 7) is 6.49. The number of nitrogens with one attached hydrogen (secondary N) is 1. The van der Waals surface area contributed by atoms with Crippen molar-refractivity contribution in [3.63, 3.8) is 0 Å². The van der Waals surface area contributed by atoms with Crippen molar-refractivity contribution in [2.75, 3.05) is 14.2 Å². The van der Waals surface area contributed by atoms with Crippen LogP contribution in [-0.4, -0.2) is 26.3 Å². The number of carbonyl (C=O) groups is 1. The summed E-state index contributed by atoms with van der Waals surface area (Å²) >= 11 is 3.43. The van der Waals surface area contributed by atoms with E-state index in [1.54, 1.807) is 26.5 Å². The third kappa shape index (κ3) is 5.82. The minimum Gasteiger partial charge on any atom is -0.493 e. The van der Waals surface area contributed by atoms with Gasteiger partial charge in [-0.15, -0.1) is 0 Å². The molecule has 6 heteroatoms. The van der Waals surface area contributed by atoms with Crippen LogP contribution in [0.1, 0.15) is 37.5 Å². The number of carbonyl (C=O) groups excluding carboxylic acids is 1. The van der Waals surface area contributed by atoms with Crippen LogP contribution in [0.25, 0.3) is 0 Å². The van der Waals surface area contributed by atoms with Crippen molar-refractivity contribution < 1.29 is 14.3 Å². The molecule has 1 N–H and O–H groups in total. The molecule has 0 saturated carbocycles. The molecule has 0 radical (unpaired) electrons. The average Bonchev–Trinajstić information content (AvgIpc) is 2.60. The molecule has 0 aliphatic rings. The van der Waals surface area contributed by atoms with E-state index in [0.29, 0.717) is 11.5 Å². The molecule has 27 heavy (non-hydrogen) atoms. The van der Waals surface area contributed by atoms with E-state index in [0.717, 1.165) is 15.6 Å². The molecule has 1 amide bonds. The second-order valence-corrected chi connectivity index (χ2v) is 8.01. The van der Waals surface area contributed by atoms with E-state index < -0.39 is 0 Å². The Hall–Kier alpha value is -2.34. The average molecular weight is 433 g/mol. The molecule has 0 aromatic heterocycles. The van der Waals surface area contributed by atoms with E-state index in [1.807, 2.05) is 18.2 Å². The maximum atomic E-state index is 12.1. The second-order valence-electron chi connectivity index (χ2n) is 7.16. The largest absolute Gasteiger partial charge is 0.493 e. The summed E-state index contributed by atoms with van der Waals surface area (Å²) in [7, 11) is 3.14. The summed E-state index contributed by atoms with van der Waals surface area (Å²) in [5.41, 5.74) is 5.61. The highest BCUT2D eigenvalue weighted by Crippen LogP contribution is 2.35. The van der Waals surface area contributed by atoms with Crippen LogP contribution in [0, 0.1) is 0 Å². The van der Waals surface area contributed by atoms with E-state index >= 15 is 0 Å². The Morgan fingerprint density at radius 3 is 2.37 bits per heavy atom. The van der Waals surface area contributed by atoms with E-state index in [-0.39, 0.29) is 17.7 Å². The van der Waals surface area contributed by atoms with Crippen LogP contribution in [-0.2, 0) is 16.6 Å². The maximum Gasteiger partial charge on any atom is 0.244 e. The van der Waals surface area contributed by atoms with Crippen LogP contribution in [0.4, 0.5) is 0 Å². The lowest BCUT2D eigenvalue weighted by molar-refractivity contribution is -0.120. The SMILES string of the molecule is COc1cc(/C=N\NC(=O)Cc2ccc(C(C)(C)C)cc2)cc(Br)c1OC. The molecule has 0 aliphatic carbocycles. The molecule has 0 fully saturated rings. The summed E-state index contributed by atoms with van der Waals surface area (Å²) < 4.78 is 11.3. The Morgan fingerprint density at radius 1 is 1.15 bits per heavy atom. The highest BCUT2D eigenvalue weighted by atomic mass is 79.9. The molecule has 2 aromatic carbocycles. The molecule has 0 bridgehead atoms.